The van der Waals surface area contributed by atoms with Gasteiger partial charge in [-0.05, 0) is 63.9 Å². The van der Waals surface area contributed by atoms with Crippen LogP contribution in [0.3, 0.4) is 0 Å². The Hall–Kier alpha value is -3.29. The van der Waals surface area contributed by atoms with Crippen molar-refractivity contribution in [2.45, 2.75) is 40.5 Å². The van der Waals surface area contributed by atoms with Crippen LogP contribution < -0.4 is 4.90 Å². The molecule has 2 aromatic heterocycles. The minimum absolute atomic E-state index is 0.130. The first-order valence-electron chi connectivity index (χ1n) is 9.84. The first-order chi connectivity index (χ1) is 14.3. The quantitative estimate of drug-likeness (QED) is 0.557. The highest BCUT2D eigenvalue weighted by atomic mass is 19.1. The third kappa shape index (κ3) is 4.64. The number of carbonyl (C=O) groups excluding carboxylic acids is 2. The highest BCUT2D eigenvalue weighted by Gasteiger charge is 2.17. The third-order valence-corrected chi connectivity index (χ3v) is 4.98. The number of aromatic nitrogens is 3. The van der Waals surface area contributed by atoms with Gasteiger partial charge in [-0.1, -0.05) is 0 Å². The van der Waals surface area contributed by atoms with Crippen LogP contribution in [0.15, 0.2) is 30.3 Å². The van der Waals surface area contributed by atoms with Crippen LogP contribution in [0.1, 0.15) is 36.0 Å². The number of carbonyl (C=O) groups is 2. The zero-order valence-electron chi connectivity index (χ0n) is 17.6. The highest BCUT2D eigenvalue weighted by Crippen LogP contribution is 2.18. The molecule has 0 fully saturated rings. The van der Waals surface area contributed by atoms with Crippen molar-refractivity contribution in [2.24, 2.45) is 0 Å². The zero-order chi connectivity index (χ0) is 21.8. The van der Waals surface area contributed by atoms with Gasteiger partial charge in [-0.3, -0.25) is 9.59 Å². The zero-order valence-corrected chi connectivity index (χ0v) is 17.6. The lowest BCUT2D eigenvalue weighted by Gasteiger charge is -2.20. The molecule has 3 aromatic rings. The van der Waals surface area contributed by atoms with E-state index in [2.05, 4.69) is 10.1 Å². The van der Waals surface area contributed by atoms with Crippen LogP contribution in [0.25, 0.3) is 5.65 Å². The summed E-state index contributed by atoms with van der Waals surface area (Å²) in [6.45, 7) is 7.58. The number of anilines is 1. The number of amides is 1. The monoisotopic (exact) mass is 412 g/mol. The van der Waals surface area contributed by atoms with Gasteiger partial charge in [0, 0.05) is 36.1 Å². The predicted molar refractivity (Wildman–Crippen MR) is 111 cm³/mol. The first-order valence-corrected chi connectivity index (χ1v) is 9.84. The van der Waals surface area contributed by atoms with Crippen molar-refractivity contribution in [3.05, 3.63) is 58.8 Å². The average molecular weight is 412 g/mol. The number of benzene rings is 1. The van der Waals surface area contributed by atoms with Crippen molar-refractivity contribution >= 4 is 23.2 Å². The van der Waals surface area contributed by atoms with Crippen LogP contribution in [0.2, 0.25) is 0 Å². The number of hydrogen-bond acceptors (Lipinski definition) is 5. The average Bonchev–Trinajstić information content (AvgIpc) is 3.08. The van der Waals surface area contributed by atoms with Crippen molar-refractivity contribution in [3.63, 3.8) is 0 Å². The Balaban J connectivity index is 1.59. The van der Waals surface area contributed by atoms with E-state index in [1.54, 1.807) is 11.4 Å². The molecular weight excluding hydrogens is 387 g/mol. The number of aryl methyl sites for hydroxylation is 3. The molecule has 0 saturated carbocycles. The maximum atomic E-state index is 13.1. The Morgan fingerprint density at radius 1 is 1.17 bits per heavy atom. The second-order valence-electron chi connectivity index (χ2n) is 7.09. The van der Waals surface area contributed by atoms with E-state index in [0.717, 1.165) is 28.3 Å². The summed E-state index contributed by atoms with van der Waals surface area (Å²) in [6.07, 6.45) is 0.576. The molecule has 30 heavy (non-hydrogen) atoms. The molecule has 0 spiro atoms. The van der Waals surface area contributed by atoms with Crippen molar-refractivity contribution in [2.75, 3.05) is 18.1 Å². The van der Waals surface area contributed by atoms with Gasteiger partial charge >= 0.3 is 5.97 Å². The maximum Gasteiger partial charge on any atom is 0.306 e. The van der Waals surface area contributed by atoms with Crippen LogP contribution in [0.4, 0.5) is 10.1 Å². The molecule has 2 heterocycles. The topological polar surface area (TPSA) is 76.8 Å². The standard InChI is InChI=1S/C22H25FN4O3/c1-5-26(18-8-6-17(23)7-9-18)21(28)13-30-22(29)11-10-19-15(3)24-20-12-14(2)25-27(20)16(19)4/h6-9,12H,5,10-11,13H2,1-4H3. The summed E-state index contributed by atoms with van der Waals surface area (Å²) in [5.41, 5.74) is 4.93. The predicted octanol–water partition coefficient (Wildman–Crippen LogP) is 3.32. The van der Waals surface area contributed by atoms with E-state index in [1.807, 2.05) is 26.8 Å². The van der Waals surface area contributed by atoms with E-state index in [9.17, 15) is 14.0 Å². The van der Waals surface area contributed by atoms with E-state index in [4.69, 9.17) is 4.74 Å². The summed E-state index contributed by atoms with van der Waals surface area (Å²) in [4.78, 5) is 30.6. The van der Waals surface area contributed by atoms with Crippen LogP contribution in [0.5, 0.6) is 0 Å². The lowest BCUT2D eigenvalue weighted by Crippen LogP contribution is -2.34. The highest BCUT2D eigenvalue weighted by molar-refractivity contribution is 5.95. The number of ether oxygens (including phenoxy) is 1. The minimum Gasteiger partial charge on any atom is -0.456 e. The Morgan fingerprint density at radius 2 is 1.87 bits per heavy atom. The Labute approximate surface area is 174 Å². The molecule has 0 unspecified atom stereocenters. The van der Waals surface area contributed by atoms with Gasteiger partial charge in [0.05, 0.1) is 5.69 Å². The van der Waals surface area contributed by atoms with Gasteiger partial charge in [0.25, 0.3) is 5.91 Å². The summed E-state index contributed by atoms with van der Waals surface area (Å²) in [6, 6.07) is 7.51. The SMILES string of the molecule is CCN(C(=O)COC(=O)CCc1c(C)nc2cc(C)nn2c1C)c1ccc(F)cc1. The summed E-state index contributed by atoms with van der Waals surface area (Å²) in [5.74, 6) is -1.20. The molecule has 0 aliphatic heterocycles. The Kier molecular flexibility index (Phi) is 6.44. The molecule has 0 saturated heterocycles. The summed E-state index contributed by atoms with van der Waals surface area (Å²) in [5, 5.41) is 4.43. The molecule has 7 nitrogen and oxygen atoms in total. The second kappa shape index (κ2) is 9.02. The number of hydrogen-bond donors (Lipinski definition) is 0. The van der Waals surface area contributed by atoms with Gasteiger partial charge in [-0.2, -0.15) is 5.10 Å². The van der Waals surface area contributed by atoms with Gasteiger partial charge < -0.3 is 9.64 Å². The molecule has 0 atom stereocenters. The number of esters is 1. The van der Waals surface area contributed by atoms with Crippen molar-refractivity contribution in [1.29, 1.82) is 0 Å². The lowest BCUT2D eigenvalue weighted by molar-refractivity contribution is -0.147. The fourth-order valence-corrected chi connectivity index (χ4v) is 3.45. The molecule has 1 aromatic carbocycles. The van der Waals surface area contributed by atoms with Crippen LogP contribution in [-0.4, -0.2) is 39.6 Å². The molecule has 0 bridgehead atoms. The van der Waals surface area contributed by atoms with E-state index in [1.165, 1.54) is 29.2 Å². The smallest absolute Gasteiger partial charge is 0.306 e. The van der Waals surface area contributed by atoms with Crippen LogP contribution >= 0.6 is 0 Å². The summed E-state index contributed by atoms with van der Waals surface area (Å²) >= 11 is 0. The molecular formula is C22H25FN4O3. The number of fused-ring (bicyclic) bond motifs is 1. The molecule has 0 aliphatic carbocycles. The fraction of sp³-hybridized carbons (Fsp3) is 0.364. The summed E-state index contributed by atoms with van der Waals surface area (Å²) in [7, 11) is 0. The Morgan fingerprint density at radius 3 is 2.53 bits per heavy atom. The second-order valence-corrected chi connectivity index (χ2v) is 7.09. The molecule has 0 radical (unpaired) electrons. The van der Waals surface area contributed by atoms with Gasteiger partial charge in [-0.15, -0.1) is 0 Å². The maximum absolute atomic E-state index is 13.1. The molecule has 1 amide bonds. The van der Waals surface area contributed by atoms with Crippen molar-refractivity contribution < 1.29 is 18.7 Å². The number of halogens is 1. The first kappa shape index (κ1) is 21.4. The molecule has 158 valence electrons. The van der Waals surface area contributed by atoms with Gasteiger partial charge in [0.15, 0.2) is 12.3 Å². The lowest BCUT2D eigenvalue weighted by atomic mass is 10.1. The van der Waals surface area contributed by atoms with Crippen molar-refractivity contribution in [3.8, 4) is 0 Å². The fourth-order valence-electron chi connectivity index (χ4n) is 3.45. The van der Waals surface area contributed by atoms with Gasteiger partial charge in [0.2, 0.25) is 0 Å². The van der Waals surface area contributed by atoms with Crippen LogP contribution in [0, 0.1) is 26.6 Å². The largest absolute Gasteiger partial charge is 0.456 e. The number of nitrogens with zero attached hydrogens (tertiary/aromatic N) is 4. The van der Waals surface area contributed by atoms with E-state index < -0.39 is 5.97 Å². The van der Waals surface area contributed by atoms with Gasteiger partial charge in [-0.25, -0.2) is 13.9 Å². The third-order valence-electron chi connectivity index (χ3n) is 4.98. The van der Waals surface area contributed by atoms with Gasteiger partial charge in [0.1, 0.15) is 5.82 Å². The van der Waals surface area contributed by atoms with Crippen LogP contribution in [-0.2, 0) is 20.7 Å². The molecule has 8 heteroatoms. The van der Waals surface area contributed by atoms with E-state index in [0.29, 0.717) is 18.7 Å². The normalized spacial score (nSPS) is 11.0. The summed E-state index contributed by atoms with van der Waals surface area (Å²) < 4.78 is 20.0. The minimum atomic E-state index is -0.464. The Bertz CT molecular complexity index is 1080. The number of likely N-dealkylation sites (N-methyl/N-ethyl adjacent to an activating group) is 1. The van der Waals surface area contributed by atoms with E-state index >= 15 is 0 Å². The van der Waals surface area contributed by atoms with E-state index in [-0.39, 0.29) is 24.8 Å². The molecule has 0 aliphatic rings. The number of rotatable bonds is 7. The molecule has 3 rings (SSSR count). The molecule has 0 N–H and O–H groups in total. The van der Waals surface area contributed by atoms with Crippen molar-refractivity contribution in [1.82, 2.24) is 14.6 Å².